The molecule has 19 heavy (non-hydrogen) atoms. The normalized spacial score (nSPS) is 14.0. The molecule has 0 aliphatic heterocycles. The molecule has 1 aromatic rings. The zero-order valence-electron chi connectivity index (χ0n) is 11.7. The summed E-state index contributed by atoms with van der Waals surface area (Å²) in [5.74, 6) is 0. The molecule has 0 spiro atoms. The molecule has 1 unspecified atom stereocenters. The van der Waals surface area contributed by atoms with E-state index >= 15 is 0 Å². The molecule has 0 radical (unpaired) electrons. The molecule has 5 nitrogen and oxygen atoms in total. The number of aliphatic hydroxyl groups is 1. The van der Waals surface area contributed by atoms with Gasteiger partial charge in [-0.3, -0.25) is 0 Å². The van der Waals surface area contributed by atoms with Crippen LogP contribution >= 0.6 is 0 Å². The highest BCUT2D eigenvalue weighted by molar-refractivity contribution is 7.89. The van der Waals surface area contributed by atoms with Crippen molar-refractivity contribution in [2.75, 3.05) is 33.7 Å². The Morgan fingerprint density at radius 2 is 1.74 bits per heavy atom. The molecule has 1 N–H and O–H groups in total. The van der Waals surface area contributed by atoms with Crippen LogP contribution < -0.4 is 0 Å². The Hall–Kier alpha value is -0.950. The first-order valence-corrected chi connectivity index (χ1v) is 7.70. The van der Waals surface area contributed by atoms with E-state index in [0.717, 1.165) is 0 Å². The molecule has 1 rings (SSSR count). The van der Waals surface area contributed by atoms with Crippen molar-refractivity contribution in [3.63, 3.8) is 0 Å². The molecule has 108 valence electrons. The number of hydrogen-bond acceptors (Lipinski definition) is 4. The van der Waals surface area contributed by atoms with E-state index in [1.54, 1.807) is 37.3 Å². The number of aliphatic hydroxyl groups excluding tert-OH is 1. The maximum absolute atomic E-state index is 12.4. The maximum atomic E-state index is 12.4. The minimum atomic E-state index is -3.53. The van der Waals surface area contributed by atoms with Gasteiger partial charge in [-0.2, -0.15) is 4.31 Å². The topological polar surface area (TPSA) is 60.9 Å². The van der Waals surface area contributed by atoms with Crippen molar-refractivity contribution in [1.29, 1.82) is 0 Å². The molecule has 0 amide bonds. The highest BCUT2D eigenvalue weighted by Gasteiger charge is 2.25. The second kappa shape index (κ2) is 7.00. The zero-order valence-corrected chi connectivity index (χ0v) is 12.5. The fourth-order valence-corrected chi connectivity index (χ4v) is 3.36. The summed E-state index contributed by atoms with van der Waals surface area (Å²) in [4.78, 5) is 2.09. The SMILES string of the molecule is CCN(CC(O)CN(C)C)S(=O)(=O)c1ccccc1. The zero-order chi connectivity index (χ0) is 14.5. The van der Waals surface area contributed by atoms with E-state index in [9.17, 15) is 13.5 Å². The summed E-state index contributed by atoms with van der Waals surface area (Å²) in [7, 11) is 0.150. The molecule has 0 saturated heterocycles. The van der Waals surface area contributed by atoms with Crippen LogP contribution in [0.25, 0.3) is 0 Å². The van der Waals surface area contributed by atoms with Gasteiger partial charge < -0.3 is 10.0 Å². The van der Waals surface area contributed by atoms with Crippen molar-refractivity contribution in [2.24, 2.45) is 0 Å². The quantitative estimate of drug-likeness (QED) is 0.798. The van der Waals surface area contributed by atoms with Crippen LogP contribution in [0.15, 0.2) is 35.2 Å². The van der Waals surface area contributed by atoms with Gasteiger partial charge >= 0.3 is 0 Å². The summed E-state index contributed by atoms with van der Waals surface area (Å²) < 4.78 is 26.1. The molecule has 6 heteroatoms. The van der Waals surface area contributed by atoms with Gasteiger partial charge in [0.25, 0.3) is 0 Å². The number of hydrogen-bond donors (Lipinski definition) is 1. The van der Waals surface area contributed by atoms with Gasteiger partial charge in [0.05, 0.1) is 11.0 Å². The fourth-order valence-electron chi connectivity index (χ4n) is 1.85. The highest BCUT2D eigenvalue weighted by Crippen LogP contribution is 2.15. The van der Waals surface area contributed by atoms with Crippen LogP contribution in [0.2, 0.25) is 0 Å². The summed E-state index contributed by atoms with van der Waals surface area (Å²) in [6.45, 7) is 2.64. The van der Waals surface area contributed by atoms with Crippen molar-refractivity contribution in [3.05, 3.63) is 30.3 Å². The van der Waals surface area contributed by atoms with Gasteiger partial charge in [-0.15, -0.1) is 0 Å². The largest absolute Gasteiger partial charge is 0.390 e. The molecule has 0 saturated carbocycles. The summed E-state index contributed by atoms with van der Waals surface area (Å²) in [6.07, 6.45) is -0.701. The number of benzene rings is 1. The van der Waals surface area contributed by atoms with Crippen LogP contribution in [0.4, 0.5) is 0 Å². The van der Waals surface area contributed by atoms with E-state index in [4.69, 9.17) is 0 Å². The van der Waals surface area contributed by atoms with Crippen molar-refractivity contribution < 1.29 is 13.5 Å². The number of rotatable bonds is 7. The Bertz CT molecular complexity index is 474. The van der Waals surface area contributed by atoms with Crippen molar-refractivity contribution in [1.82, 2.24) is 9.21 Å². The third-order valence-corrected chi connectivity index (χ3v) is 4.68. The lowest BCUT2D eigenvalue weighted by Gasteiger charge is -2.24. The Balaban J connectivity index is 2.85. The summed E-state index contributed by atoms with van der Waals surface area (Å²) in [6, 6.07) is 8.29. The molecule has 0 bridgehead atoms. The number of sulfonamides is 1. The smallest absolute Gasteiger partial charge is 0.243 e. The van der Waals surface area contributed by atoms with Gasteiger partial charge in [0.15, 0.2) is 0 Å². The van der Waals surface area contributed by atoms with Crippen LogP contribution in [0, 0.1) is 0 Å². The predicted molar refractivity (Wildman–Crippen MR) is 75.4 cm³/mol. The average molecular weight is 286 g/mol. The summed E-state index contributed by atoms with van der Waals surface area (Å²) in [5, 5.41) is 9.88. The third-order valence-electron chi connectivity index (χ3n) is 2.72. The van der Waals surface area contributed by atoms with E-state index in [1.807, 2.05) is 19.0 Å². The molecule has 0 aliphatic rings. The van der Waals surface area contributed by atoms with Gasteiger partial charge in [0.2, 0.25) is 10.0 Å². The van der Waals surface area contributed by atoms with E-state index in [-0.39, 0.29) is 11.4 Å². The maximum Gasteiger partial charge on any atom is 0.243 e. The van der Waals surface area contributed by atoms with Crippen LogP contribution in [0.1, 0.15) is 6.92 Å². The summed E-state index contributed by atoms with van der Waals surface area (Å²) in [5.41, 5.74) is 0. The van der Waals surface area contributed by atoms with Gasteiger partial charge in [-0.05, 0) is 26.2 Å². The Labute approximate surface area is 115 Å². The summed E-state index contributed by atoms with van der Waals surface area (Å²) >= 11 is 0. The van der Waals surface area contributed by atoms with Crippen LogP contribution in [-0.4, -0.2) is 62.6 Å². The van der Waals surface area contributed by atoms with Crippen molar-refractivity contribution in [2.45, 2.75) is 17.9 Å². The van der Waals surface area contributed by atoms with E-state index in [0.29, 0.717) is 13.1 Å². The second-order valence-corrected chi connectivity index (χ2v) is 6.62. The monoisotopic (exact) mass is 286 g/mol. The first-order valence-electron chi connectivity index (χ1n) is 6.26. The molecule has 1 aromatic carbocycles. The van der Waals surface area contributed by atoms with Gasteiger partial charge in [-0.1, -0.05) is 25.1 Å². The van der Waals surface area contributed by atoms with Crippen molar-refractivity contribution in [3.8, 4) is 0 Å². The highest BCUT2D eigenvalue weighted by atomic mass is 32.2. The Morgan fingerprint density at radius 3 is 2.21 bits per heavy atom. The van der Waals surface area contributed by atoms with Gasteiger partial charge in [0, 0.05) is 19.6 Å². The van der Waals surface area contributed by atoms with E-state index < -0.39 is 16.1 Å². The first-order chi connectivity index (χ1) is 8.87. The lowest BCUT2D eigenvalue weighted by Crippen LogP contribution is -2.41. The van der Waals surface area contributed by atoms with Gasteiger partial charge in [-0.25, -0.2) is 8.42 Å². The number of likely N-dealkylation sites (N-methyl/N-ethyl adjacent to an activating group) is 2. The molecule has 0 heterocycles. The predicted octanol–water partition coefficient (Wildman–Crippen LogP) is 0.620. The number of nitrogens with zero attached hydrogens (tertiary/aromatic N) is 2. The third kappa shape index (κ3) is 4.58. The van der Waals surface area contributed by atoms with Gasteiger partial charge in [0.1, 0.15) is 0 Å². The average Bonchev–Trinajstić information content (AvgIpc) is 2.36. The molecular weight excluding hydrogens is 264 g/mol. The minimum Gasteiger partial charge on any atom is -0.390 e. The molecule has 0 aromatic heterocycles. The molecular formula is C13H22N2O3S. The van der Waals surface area contributed by atoms with Crippen LogP contribution in [0.3, 0.4) is 0 Å². The van der Waals surface area contributed by atoms with Crippen LogP contribution in [0.5, 0.6) is 0 Å². The first kappa shape index (κ1) is 16.1. The minimum absolute atomic E-state index is 0.103. The second-order valence-electron chi connectivity index (χ2n) is 4.68. The molecule has 0 fully saturated rings. The Kier molecular flexibility index (Phi) is 5.93. The van der Waals surface area contributed by atoms with E-state index in [2.05, 4.69) is 0 Å². The standard InChI is InChI=1S/C13H22N2O3S/c1-4-15(11-12(16)10-14(2)3)19(17,18)13-8-6-5-7-9-13/h5-9,12,16H,4,10-11H2,1-3H3. The molecule has 1 atom stereocenters. The lowest BCUT2D eigenvalue weighted by molar-refractivity contribution is 0.115. The Morgan fingerprint density at radius 1 is 1.16 bits per heavy atom. The lowest BCUT2D eigenvalue weighted by atomic mass is 10.3. The molecule has 0 aliphatic carbocycles. The van der Waals surface area contributed by atoms with Crippen LogP contribution in [-0.2, 0) is 10.0 Å². The van der Waals surface area contributed by atoms with E-state index in [1.165, 1.54) is 4.31 Å². The van der Waals surface area contributed by atoms with Crippen molar-refractivity contribution >= 4 is 10.0 Å². The fraction of sp³-hybridized carbons (Fsp3) is 0.538.